The highest BCUT2D eigenvalue weighted by Gasteiger charge is 2.43. The van der Waals surface area contributed by atoms with Crippen molar-refractivity contribution in [1.82, 2.24) is 4.90 Å². The lowest BCUT2D eigenvalue weighted by Gasteiger charge is -2.40. The van der Waals surface area contributed by atoms with Crippen molar-refractivity contribution >= 4 is 11.9 Å². The van der Waals surface area contributed by atoms with Crippen molar-refractivity contribution in [2.75, 3.05) is 26.8 Å². The molecule has 1 heterocycles. The molecule has 2 aromatic rings. The summed E-state index contributed by atoms with van der Waals surface area (Å²) in [6.07, 6.45) is 1.79. The van der Waals surface area contributed by atoms with Gasteiger partial charge < -0.3 is 14.4 Å². The predicted octanol–water partition coefficient (Wildman–Crippen LogP) is 3.72. The molecule has 28 heavy (non-hydrogen) atoms. The highest BCUT2D eigenvalue weighted by atomic mass is 16.5. The van der Waals surface area contributed by atoms with Gasteiger partial charge in [0.15, 0.2) is 0 Å². The Bertz CT molecular complexity index is 793. The van der Waals surface area contributed by atoms with Crippen molar-refractivity contribution in [3.63, 3.8) is 0 Å². The van der Waals surface area contributed by atoms with Gasteiger partial charge in [0.1, 0.15) is 5.75 Å². The number of ether oxygens (including phenoxy) is 2. The summed E-state index contributed by atoms with van der Waals surface area (Å²) in [7, 11) is 1.63. The Morgan fingerprint density at radius 2 is 1.64 bits per heavy atom. The van der Waals surface area contributed by atoms with Crippen molar-refractivity contribution in [3.05, 3.63) is 65.7 Å². The quantitative estimate of drug-likeness (QED) is 0.716. The van der Waals surface area contributed by atoms with Gasteiger partial charge in [-0.05, 0) is 56.0 Å². The first-order valence-electron chi connectivity index (χ1n) is 9.72. The van der Waals surface area contributed by atoms with Crippen LogP contribution >= 0.6 is 0 Å². The number of hydrogen-bond donors (Lipinski definition) is 0. The summed E-state index contributed by atoms with van der Waals surface area (Å²) in [5, 5.41) is 0. The van der Waals surface area contributed by atoms with Crippen LogP contribution in [0.5, 0.6) is 5.75 Å². The molecule has 0 radical (unpaired) electrons. The summed E-state index contributed by atoms with van der Waals surface area (Å²) < 4.78 is 10.6. The Morgan fingerprint density at radius 1 is 1.00 bits per heavy atom. The van der Waals surface area contributed by atoms with E-state index >= 15 is 0 Å². The number of amides is 1. The molecular formula is C23H27NO4. The van der Waals surface area contributed by atoms with Gasteiger partial charge in [0.2, 0.25) is 0 Å². The van der Waals surface area contributed by atoms with Gasteiger partial charge in [0.25, 0.3) is 5.91 Å². The zero-order valence-corrected chi connectivity index (χ0v) is 16.5. The molecule has 1 fully saturated rings. The summed E-state index contributed by atoms with van der Waals surface area (Å²) in [4.78, 5) is 27.4. The van der Waals surface area contributed by atoms with E-state index in [4.69, 9.17) is 9.47 Å². The average molecular weight is 381 g/mol. The zero-order valence-electron chi connectivity index (χ0n) is 16.5. The largest absolute Gasteiger partial charge is 0.497 e. The van der Waals surface area contributed by atoms with E-state index in [1.54, 1.807) is 7.11 Å². The van der Waals surface area contributed by atoms with E-state index in [0.717, 1.165) is 11.3 Å². The van der Waals surface area contributed by atoms with E-state index in [9.17, 15) is 9.59 Å². The van der Waals surface area contributed by atoms with Crippen molar-refractivity contribution in [2.24, 2.45) is 5.41 Å². The third-order valence-corrected chi connectivity index (χ3v) is 5.44. The molecule has 0 spiro atoms. The van der Waals surface area contributed by atoms with Gasteiger partial charge in [0, 0.05) is 18.7 Å². The van der Waals surface area contributed by atoms with Crippen LogP contribution < -0.4 is 4.74 Å². The highest BCUT2D eigenvalue weighted by molar-refractivity contribution is 5.94. The van der Waals surface area contributed by atoms with Crippen LogP contribution in [0.2, 0.25) is 0 Å². The van der Waals surface area contributed by atoms with E-state index in [2.05, 4.69) is 0 Å². The van der Waals surface area contributed by atoms with Crippen LogP contribution in [0, 0.1) is 5.41 Å². The Labute approximate surface area is 166 Å². The molecule has 5 heteroatoms. The molecule has 2 aromatic carbocycles. The molecule has 0 atom stereocenters. The lowest BCUT2D eigenvalue weighted by Crippen LogP contribution is -2.48. The standard InChI is InChI=1S/C23H27NO4/c1-3-28-22(26)23(17-18-9-11-20(27-2)12-10-18)13-15-24(16-14-23)21(25)19-7-5-4-6-8-19/h4-12H,3,13-17H2,1-2H3. The van der Waals surface area contributed by atoms with E-state index in [0.29, 0.717) is 44.5 Å². The van der Waals surface area contributed by atoms with Gasteiger partial charge in [-0.15, -0.1) is 0 Å². The molecule has 1 saturated heterocycles. The molecule has 0 saturated carbocycles. The number of hydrogen-bond acceptors (Lipinski definition) is 4. The molecule has 0 unspecified atom stereocenters. The summed E-state index contributed by atoms with van der Waals surface area (Å²) in [5.74, 6) is 0.636. The summed E-state index contributed by atoms with van der Waals surface area (Å²) >= 11 is 0. The number of esters is 1. The smallest absolute Gasteiger partial charge is 0.312 e. The summed E-state index contributed by atoms with van der Waals surface area (Å²) in [6, 6.07) is 17.1. The van der Waals surface area contributed by atoms with Crippen LogP contribution in [0.15, 0.2) is 54.6 Å². The highest BCUT2D eigenvalue weighted by Crippen LogP contribution is 2.37. The Kier molecular flexibility index (Phi) is 6.34. The Morgan fingerprint density at radius 3 is 2.21 bits per heavy atom. The molecule has 3 rings (SSSR count). The van der Waals surface area contributed by atoms with Crippen LogP contribution in [0.25, 0.3) is 0 Å². The average Bonchev–Trinajstić information content (AvgIpc) is 2.75. The topological polar surface area (TPSA) is 55.8 Å². The second kappa shape index (κ2) is 8.91. The molecule has 0 aliphatic carbocycles. The van der Waals surface area contributed by atoms with Gasteiger partial charge in [0.05, 0.1) is 19.1 Å². The lowest BCUT2D eigenvalue weighted by molar-refractivity contribution is -0.158. The predicted molar refractivity (Wildman–Crippen MR) is 107 cm³/mol. The van der Waals surface area contributed by atoms with Crippen LogP contribution in [-0.2, 0) is 16.0 Å². The van der Waals surface area contributed by atoms with Crippen LogP contribution in [0.3, 0.4) is 0 Å². The van der Waals surface area contributed by atoms with Gasteiger partial charge in [-0.2, -0.15) is 0 Å². The number of carbonyl (C=O) groups excluding carboxylic acids is 2. The van der Waals surface area contributed by atoms with E-state index in [1.165, 1.54) is 0 Å². The number of nitrogens with zero attached hydrogens (tertiary/aromatic N) is 1. The fourth-order valence-electron chi connectivity index (χ4n) is 3.77. The molecular weight excluding hydrogens is 354 g/mol. The zero-order chi connectivity index (χ0) is 20.0. The number of piperidine rings is 1. The number of rotatable bonds is 6. The third-order valence-electron chi connectivity index (χ3n) is 5.44. The van der Waals surface area contributed by atoms with Crippen LogP contribution in [0.4, 0.5) is 0 Å². The maximum Gasteiger partial charge on any atom is 0.312 e. The monoisotopic (exact) mass is 381 g/mol. The first-order valence-corrected chi connectivity index (χ1v) is 9.72. The normalized spacial score (nSPS) is 15.7. The SMILES string of the molecule is CCOC(=O)C1(Cc2ccc(OC)cc2)CCN(C(=O)c2ccccc2)CC1. The van der Waals surface area contributed by atoms with Gasteiger partial charge in [-0.25, -0.2) is 0 Å². The Hall–Kier alpha value is -2.82. The summed E-state index contributed by atoms with van der Waals surface area (Å²) in [6.45, 7) is 3.27. The van der Waals surface area contributed by atoms with Crippen molar-refractivity contribution in [1.29, 1.82) is 0 Å². The second-order valence-electron chi connectivity index (χ2n) is 7.18. The maximum absolute atomic E-state index is 12.8. The minimum atomic E-state index is -0.599. The number of carbonyl (C=O) groups is 2. The number of likely N-dealkylation sites (tertiary alicyclic amines) is 1. The van der Waals surface area contributed by atoms with E-state index < -0.39 is 5.41 Å². The van der Waals surface area contributed by atoms with Crippen LogP contribution in [-0.4, -0.2) is 43.6 Å². The fraction of sp³-hybridized carbons (Fsp3) is 0.391. The van der Waals surface area contributed by atoms with Gasteiger partial charge in [-0.1, -0.05) is 30.3 Å². The molecule has 1 aliphatic heterocycles. The summed E-state index contributed by atoms with van der Waals surface area (Å²) in [5.41, 5.74) is 1.15. The maximum atomic E-state index is 12.8. The molecule has 5 nitrogen and oxygen atoms in total. The van der Waals surface area contributed by atoms with Crippen molar-refractivity contribution in [2.45, 2.75) is 26.2 Å². The lowest BCUT2D eigenvalue weighted by atomic mass is 9.73. The fourth-order valence-corrected chi connectivity index (χ4v) is 3.77. The minimum absolute atomic E-state index is 0.0162. The first-order chi connectivity index (χ1) is 13.6. The second-order valence-corrected chi connectivity index (χ2v) is 7.18. The van der Waals surface area contributed by atoms with Gasteiger partial charge >= 0.3 is 5.97 Å². The Balaban J connectivity index is 1.74. The molecule has 1 amide bonds. The number of benzene rings is 2. The van der Waals surface area contributed by atoms with E-state index in [1.807, 2.05) is 66.4 Å². The van der Waals surface area contributed by atoms with Crippen LogP contribution in [0.1, 0.15) is 35.7 Å². The molecule has 1 aliphatic rings. The van der Waals surface area contributed by atoms with E-state index in [-0.39, 0.29) is 11.9 Å². The van der Waals surface area contributed by atoms with Crippen molar-refractivity contribution in [3.8, 4) is 5.75 Å². The molecule has 0 aromatic heterocycles. The minimum Gasteiger partial charge on any atom is -0.497 e. The van der Waals surface area contributed by atoms with Crippen molar-refractivity contribution < 1.29 is 19.1 Å². The van der Waals surface area contributed by atoms with Gasteiger partial charge in [-0.3, -0.25) is 9.59 Å². The molecule has 0 bridgehead atoms. The first kappa shape index (κ1) is 19.9. The molecule has 0 N–H and O–H groups in total. The molecule has 148 valence electrons. The third kappa shape index (κ3) is 4.35. The number of methoxy groups -OCH3 is 1.